The predicted molar refractivity (Wildman–Crippen MR) is 70.1 cm³/mol. The molecule has 0 aromatic heterocycles. The molecule has 0 radical (unpaired) electrons. The third-order valence-electron chi connectivity index (χ3n) is 2.32. The molecule has 0 heterocycles. The first kappa shape index (κ1) is 14.2. The summed E-state index contributed by atoms with van der Waals surface area (Å²) >= 11 is 3.21. The molecule has 1 amide bonds. The van der Waals surface area contributed by atoms with Crippen molar-refractivity contribution in [2.24, 2.45) is 0 Å². The number of aliphatic hydroxyl groups is 2. The van der Waals surface area contributed by atoms with E-state index in [0.29, 0.717) is 23.0 Å². The number of nitrogens with one attached hydrogen (secondary N) is 1. The van der Waals surface area contributed by atoms with Gasteiger partial charge in [-0.3, -0.25) is 4.79 Å². The lowest BCUT2D eigenvalue weighted by Crippen LogP contribution is -2.18. The number of anilines is 1. The molecule has 0 saturated heterocycles. The Morgan fingerprint density at radius 2 is 2.18 bits per heavy atom. The molecule has 4 nitrogen and oxygen atoms in total. The molecule has 0 aliphatic carbocycles. The SMILES string of the molecule is CC(=O)Nc1cccc(C(O)C(O)CCBr)c1. The summed E-state index contributed by atoms with van der Waals surface area (Å²) in [7, 11) is 0. The number of carbonyl (C=O) groups is 1. The topological polar surface area (TPSA) is 69.6 Å². The van der Waals surface area contributed by atoms with Gasteiger partial charge in [0.15, 0.2) is 0 Å². The molecule has 2 atom stereocenters. The van der Waals surface area contributed by atoms with Crippen molar-refractivity contribution in [1.82, 2.24) is 0 Å². The molecule has 0 bridgehead atoms. The number of halogens is 1. The second-order valence-corrected chi connectivity index (χ2v) is 4.59. The van der Waals surface area contributed by atoms with Crippen LogP contribution in [0.5, 0.6) is 0 Å². The Kier molecular flexibility index (Phi) is 5.61. The molecule has 0 aliphatic rings. The van der Waals surface area contributed by atoms with E-state index in [0.717, 1.165) is 0 Å². The van der Waals surface area contributed by atoms with Gasteiger partial charge in [-0.25, -0.2) is 0 Å². The second kappa shape index (κ2) is 6.74. The van der Waals surface area contributed by atoms with Crippen molar-refractivity contribution in [3.8, 4) is 0 Å². The Labute approximate surface area is 109 Å². The van der Waals surface area contributed by atoms with E-state index >= 15 is 0 Å². The minimum atomic E-state index is -0.943. The zero-order valence-electron chi connectivity index (χ0n) is 9.56. The van der Waals surface area contributed by atoms with E-state index in [1.807, 2.05) is 0 Å². The number of alkyl halides is 1. The van der Waals surface area contributed by atoms with Crippen LogP contribution in [-0.2, 0) is 4.79 Å². The van der Waals surface area contributed by atoms with Crippen LogP contribution in [0.2, 0.25) is 0 Å². The van der Waals surface area contributed by atoms with Crippen LogP contribution in [0, 0.1) is 0 Å². The monoisotopic (exact) mass is 301 g/mol. The molecule has 3 N–H and O–H groups in total. The highest BCUT2D eigenvalue weighted by Gasteiger charge is 2.17. The van der Waals surface area contributed by atoms with Gasteiger partial charge in [0.05, 0.1) is 6.10 Å². The Balaban J connectivity index is 2.79. The maximum Gasteiger partial charge on any atom is 0.221 e. The average molecular weight is 302 g/mol. The highest BCUT2D eigenvalue weighted by atomic mass is 79.9. The van der Waals surface area contributed by atoms with Crippen LogP contribution in [-0.4, -0.2) is 27.6 Å². The summed E-state index contributed by atoms with van der Waals surface area (Å²) in [6, 6.07) is 6.83. The number of aliphatic hydroxyl groups excluding tert-OH is 2. The van der Waals surface area contributed by atoms with E-state index in [2.05, 4.69) is 21.2 Å². The van der Waals surface area contributed by atoms with Gasteiger partial charge in [-0.05, 0) is 24.1 Å². The first-order valence-corrected chi connectivity index (χ1v) is 6.46. The van der Waals surface area contributed by atoms with E-state index in [4.69, 9.17) is 0 Å². The lowest BCUT2D eigenvalue weighted by atomic mass is 10.0. The van der Waals surface area contributed by atoms with Crippen LogP contribution >= 0.6 is 15.9 Å². The highest BCUT2D eigenvalue weighted by Crippen LogP contribution is 2.22. The average Bonchev–Trinajstić information content (AvgIpc) is 2.28. The molecule has 0 spiro atoms. The van der Waals surface area contributed by atoms with Crippen molar-refractivity contribution in [3.63, 3.8) is 0 Å². The largest absolute Gasteiger partial charge is 0.390 e. The number of rotatable bonds is 5. The molecule has 0 saturated carbocycles. The van der Waals surface area contributed by atoms with Crippen LogP contribution < -0.4 is 5.32 Å². The third kappa shape index (κ3) is 4.46. The number of hydrogen-bond donors (Lipinski definition) is 3. The first-order chi connectivity index (χ1) is 8.04. The van der Waals surface area contributed by atoms with Gasteiger partial charge in [0, 0.05) is 17.9 Å². The summed E-state index contributed by atoms with van der Waals surface area (Å²) in [5.74, 6) is -0.169. The summed E-state index contributed by atoms with van der Waals surface area (Å²) in [4.78, 5) is 10.9. The zero-order valence-corrected chi connectivity index (χ0v) is 11.1. The molecular weight excluding hydrogens is 286 g/mol. The smallest absolute Gasteiger partial charge is 0.221 e. The van der Waals surface area contributed by atoms with Crippen molar-refractivity contribution < 1.29 is 15.0 Å². The van der Waals surface area contributed by atoms with Crippen molar-refractivity contribution in [3.05, 3.63) is 29.8 Å². The van der Waals surface area contributed by atoms with Gasteiger partial charge in [0.1, 0.15) is 6.10 Å². The molecule has 1 rings (SSSR count). The van der Waals surface area contributed by atoms with Crippen LogP contribution in [0.15, 0.2) is 24.3 Å². The van der Waals surface area contributed by atoms with Crippen molar-refractivity contribution in [2.45, 2.75) is 25.6 Å². The predicted octanol–water partition coefficient (Wildman–Crippen LogP) is 1.82. The maximum atomic E-state index is 10.9. The maximum absolute atomic E-state index is 10.9. The lowest BCUT2D eigenvalue weighted by molar-refractivity contribution is -0.114. The normalized spacial score (nSPS) is 14.1. The van der Waals surface area contributed by atoms with Gasteiger partial charge in [0.2, 0.25) is 5.91 Å². The van der Waals surface area contributed by atoms with Gasteiger partial charge < -0.3 is 15.5 Å². The van der Waals surface area contributed by atoms with Crippen molar-refractivity contribution in [1.29, 1.82) is 0 Å². The molecule has 1 aromatic rings. The summed E-state index contributed by atoms with van der Waals surface area (Å²) in [5.41, 5.74) is 1.20. The lowest BCUT2D eigenvalue weighted by Gasteiger charge is -2.17. The van der Waals surface area contributed by atoms with Crippen molar-refractivity contribution in [2.75, 3.05) is 10.6 Å². The molecular formula is C12H16BrNO3. The first-order valence-electron chi connectivity index (χ1n) is 5.34. The quantitative estimate of drug-likeness (QED) is 0.727. The summed E-state index contributed by atoms with van der Waals surface area (Å²) < 4.78 is 0. The zero-order chi connectivity index (χ0) is 12.8. The second-order valence-electron chi connectivity index (χ2n) is 3.80. The number of benzene rings is 1. The van der Waals surface area contributed by atoms with E-state index in [1.165, 1.54) is 6.92 Å². The Hall–Kier alpha value is -0.910. The van der Waals surface area contributed by atoms with E-state index in [9.17, 15) is 15.0 Å². The molecule has 94 valence electrons. The summed E-state index contributed by atoms with van der Waals surface area (Å²) in [5, 5.41) is 22.8. The molecule has 17 heavy (non-hydrogen) atoms. The molecule has 0 aliphatic heterocycles. The Morgan fingerprint density at radius 1 is 1.47 bits per heavy atom. The van der Waals surface area contributed by atoms with Crippen LogP contribution in [0.3, 0.4) is 0 Å². The molecule has 1 aromatic carbocycles. The van der Waals surface area contributed by atoms with E-state index in [1.54, 1.807) is 24.3 Å². The van der Waals surface area contributed by atoms with Gasteiger partial charge >= 0.3 is 0 Å². The minimum absolute atomic E-state index is 0.169. The number of amides is 1. The molecule has 0 fully saturated rings. The fraction of sp³-hybridized carbons (Fsp3) is 0.417. The highest BCUT2D eigenvalue weighted by molar-refractivity contribution is 9.09. The number of carbonyl (C=O) groups excluding carboxylic acids is 1. The van der Waals surface area contributed by atoms with Crippen LogP contribution in [0.25, 0.3) is 0 Å². The molecule has 5 heteroatoms. The third-order valence-corrected chi connectivity index (χ3v) is 2.78. The molecule has 2 unspecified atom stereocenters. The van der Waals surface area contributed by atoms with Gasteiger partial charge in [-0.15, -0.1) is 0 Å². The van der Waals surface area contributed by atoms with E-state index in [-0.39, 0.29) is 5.91 Å². The van der Waals surface area contributed by atoms with Gasteiger partial charge in [-0.1, -0.05) is 28.1 Å². The Bertz CT molecular complexity index is 384. The van der Waals surface area contributed by atoms with Crippen LogP contribution in [0.1, 0.15) is 25.0 Å². The fourth-order valence-electron chi connectivity index (χ4n) is 1.50. The van der Waals surface area contributed by atoms with Crippen molar-refractivity contribution >= 4 is 27.5 Å². The van der Waals surface area contributed by atoms with E-state index < -0.39 is 12.2 Å². The fourth-order valence-corrected chi connectivity index (χ4v) is 1.96. The summed E-state index contributed by atoms with van der Waals surface area (Å²) in [6.07, 6.45) is -1.30. The Morgan fingerprint density at radius 3 is 2.76 bits per heavy atom. The standard InChI is InChI=1S/C12H16BrNO3/c1-8(15)14-10-4-2-3-9(7-10)12(17)11(16)5-6-13/h2-4,7,11-12,16-17H,5-6H2,1H3,(H,14,15). The summed E-state index contributed by atoms with van der Waals surface area (Å²) in [6.45, 7) is 1.42. The van der Waals surface area contributed by atoms with Crippen LogP contribution in [0.4, 0.5) is 5.69 Å². The van der Waals surface area contributed by atoms with Gasteiger partial charge in [0.25, 0.3) is 0 Å². The van der Waals surface area contributed by atoms with Gasteiger partial charge in [-0.2, -0.15) is 0 Å². The number of hydrogen-bond acceptors (Lipinski definition) is 3. The minimum Gasteiger partial charge on any atom is -0.390 e.